The predicted octanol–water partition coefficient (Wildman–Crippen LogP) is 3.28. The topological polar surface area (TPSA) is 103 Å². The molecular formula is C27H47N5O3. The van der Waals surface area contributed by atoms with Crippen molar-refractivity contribution >= 4 is 23.4 Å². The molecule has 0 aliphatic carbocycles. The van der Waals surface area contributed by atoms with E-state index in [2.05, 4.69) is 60.8 Å². The predicted molar refractivity (Wildman–Crippen MR) is 143 cm³/mol. The van der Waals surface area contributed by atoms with Crippen molar-refractivity contribution < 1.29 is 14.4 Å². The molecule has 0 unspecified atom stereocenters. The minimum atomic E-state index is -0.126. The first kappa shape index (κ1) is 30.4. The summed E-state index contributed by atoms with van der Waals surface area (Å²) in [5.41, 5.74) is 2.08. The van der Waals surface area contributed by atoms with Crippen molar-refractivity contribution in [3.63, 3.8) is 0 Å². The van der Waals surface area contributed by atoms with Crippen LogP contribution < -0.4 is 21.3 Å². The van der Waals surface area contributed by atoms with Gasteiger partial charge in [0.15, 0.2) is 0 Å². The fraction of sp³-hybridized carbons (Fsp3) is 0.667. The number of nitrogens with zero attached hydrogens (tertiary/aromatic N) is 1. The molecule has 8 nitrogen and oxygen atoms in total. The first-order chi connectivity index (χ1) is 16.4. The monoisotopic (exact) mass is 489 g/mol. The Morgan fingerprint density at radius 1 is 0.829 bits per heavy atom. The van der Waals surface area contributed by atoms with Crippen molar-refractivity contribution in [2.24, 2.45) is 5.41 Å². The summed E-state index contributed by atoms with van der Waals surface area (Å²) in [4.78, 5) is 38.1. The van der Waals surface area contributed by atoms with E-state index in [1.54, 1.807) is 0 Å². The second-order valence-electron chi connectivity index (χ2n) is 10.7. The summed E-state index contributed by atoms with van der Waals surface area (Å²) in [6.45, 7) is 13.8. The van der Waals surface area contributed by atoms with Gasteiger partial charge in [-0.1, -0.05) is 32.9 Å². The van der Waals surface area contributed by atoms with Crippen molar-refractivity contribution in [1.29, 1.82) is 0 Å². The number of nitrogens with one attached hydrogen (secondary N) is 4. The number of amides is 3. The summed E-state index contributed by atoms with van der Waals surface area (Å²) < 4.78 is 0. The van der Waals surface area contributed by atoms with Gasteiger partial charge in [-0.3, -0.25) is 14.4 Å². The van der Waals surface area contributed by atoms with Crippen LogP contribution in [0.2, 0.25) is 0 Å². The Balaban J connectivity index is 2.06. The maximum atomic E-state index is 12.1. The van der Waals surface area contributed by atoms with Crippen LogP contribution in [0.4, 0.5) is 5.69 Å². The normalized spacial score (nSPS) is 11.4. The van der Waals surface area contributed by atoms with Crippen LogP contribution in [0, 0.1) is 5.41 Å². The third-order valence-corrected chi connectivity index (χ3v) is 5.25. The Kier molecular flexibility index (Phi) is 14.0. The zero-order valence-electron chi connectivity index (χ0n) is 22.6. The average Bonchev–Trinajstić information content (AvgIpc) is 2.76. The van der Waals surface area contributed by atoms with Crippen LogP contribution in [-0.4, -0.2) is 61.9 Å². The van der Waals surface area contributed by atoms with E-state index in [1.165, 1.54) is 0 Å². The fourth-order valence-corrected chi connectivity index (χ4v) is 3.47. The molecule has 0 spiro atoms. The van der Waals surface area contributed by atoms with E-state index < -0.39 is 0 Å². The van der Waals surface area contributed by atoms with E-state index in [1.807, 2.05) is 31.3 Å². The minimum Gasteiger partial charge on any atom is -0.383 e. The van der Waals surface area contributed by atoms with Gasteiger partial charge in [-0.15, -0.1) is 0 Å². The lowest BCUT2D eigenvalue weighted by Gasteiger charge is -2.19. The standard InChI is InChI=1S/C27H47N5O3/c1-21(2)31-23-11-9-22(10-12-23)20-30-25(34)14-13-24(33)28-15-7-17-32(6)18-8-16-29-26(35)19-27(3,4)5/h9-12,21,31H,7-8,13-20H2,1-6H3,(H,28,33)(H,29,35)(H,30,34). The number of hydrogen-bond donors (Lipinski definition) is 4. The van der Waals surface area contributed by atoms with Crippen molar-refractivity contribution in [3.05, 3.63) is 29.8 Å². The second-order valence-corrected chi connectivity index (χ2v) is 10.7. The van der Waals surface area contributed by atoms with Crippen LogP contribution in [-0.2, 0) is 20.9 Å². The van der Waals surface area contributed by atoms with Crippen LogP contribution in [0.15, 0.2) is 24.3 Å². The highest BCUT2D eigenvalue weighted by Gasteiger charge is 2.15. The SMILES string of the molecule is CC(C)Nc1ccc(CNC(=O)CCC(=O)NCCCN(C)CCCNC(=O)CC(C)(C)C)cc1. The Labute approximate surface area is 212 Å². The van der Waals surface area contributed by atoms with Gasteiger partial charge in [-0.2, -0.15) is 0 Å². The smallest absolute Gasteiger partial charge is 0.220 e. The number of carbonyl (C=O) groups is 3. The molecule has 0 aromatic heterocycles. The van der Waals surface area contributed by atoms with Crippen molar-refractivity contribution in [2.45, 2.75) is 79.3 Å². The zero-order valence-corrected chi connectivity index (χ0v) is 22.6. The molecule has 0 bridgehead atoms. The molecule has 1 aromatic rings. The molecule has 4 N–H and O–H groups in total. The van der Waals surface area contributed by atoms with Crippen LogP contribution in [0.5, 0.6) is 0 Å². The Bertz CT molecular complexity index is 772. The van der Waals surface area contributed by atoms with Crippen molar-refractivity contribution in [2.75, 3.05) is 38.5 Å². The molecule has 0 aliphatic rings. The third-order valence-electron chi connectivity index (χ3n) is 5.25. The quantitative estimate of drug-likeness (QED) is 0.267. The van der Waals surface area contributed by atoms with E-state index in [0.29, 0.717) is 32.1 Å². The molecule has 0 saturated heterocycles. The first-order valence-electron chi connectivity index (χ1n) is 12.8. The second kappa shape index (κ2) is 16.1. The number of benzene rings is 1. The Hall–Kier alpha value is -2.61. The molecule has 1 rings (SSSR count). The molecule has 8 heteroatoms. The van der Waals surface area contributed by atoms with Gasteiger partial charge in [0.05, 0.1) is 0 Å². The molecule has 3 amide bonds. The van der Waals surface area contributed by atoms with Gasteiger partial charge in [-0.05, 0) is 69.9 Å². The summed E-state index contributed by atoms with van der Waals surface area (Å²) in [5.74, 6) is -0.128. The van der Waals surface area contributed by atoms with Gasteiger partial charge in [0.2, 0.25) is 17.7 Å². The lowest BCUT2D eigenvalue weighted by Crippen LogP contribution is -2.32. The van der Waals surface area contributed by atoms with Gasteiger partial charge < -0.3 is 26.2 Å². The maximum absolute atomic E-state index is 12.1. The van der Waals surface area contributed by atoms with Crippen LogP contribution in [0.3, 0.4) is 0 Å². The number of hydrogen-bond acceptors (Lipinski definition) is 5. The average molecular weight is 490 g/mol. The minimum absolute atomic E-state index is 0.00696. The number of anilines is 1. The summed E-state index contributed by atoms with van der Waals surface area (Å²) in [6.07, 6.45) is 2.64. The van der Waals surface area contributed by atoms with E-state index in [-0.39, 0.29) is 36.0 Å². The lowest BCUT2D eigenvalue weighted by atomic mass is 9.92. The van der Waals surface area contributed by atoms with Gasteiger partial charge in [0, 0.05) is 50.6 Å². The molecule has 35 heavy (non-hydrogen) atoms. The molecule has 0 aliphatic heterocycles. The fourth-order valence-electron chi connectivity index (χ4n) is 3.47. The molecular weight excluding hydrogens is 442 g/mol. The van der Waals surface area contributed by atoms with Gasteiger partial charge in [0.1, 0.15) is 0 Å². The molecule has 0 heterocycles. The highest BCUT2D eigenvalue weighted by molar-refractivity contribution is 5.83. The lowest BCUT2D eigenvalue weighted by molar-refractivity contribution is -0.126. The van der Waals surface area contributed by atoms with E-state index >= 15 is 0 Å². The number of carbonyl (C=O) groups excluding carboxylic acids is 3. The van der Waals surface area contributed by atoms with Crippen molar-refractivity contribution in [1.82, 2.24) is 20.9 Å². The highest BCUT2D eigenvalue weighted by atomic mass is 16.2. The van der Waals surface area contributed by atoms with Crippen LogP contribution >= 0.6 is 0 Å². The molecule has 0 fully saturated rings. The molecule has 0 atom stereocenters. The largest absolute Gasteiger partial charge is 0.383 e. The van der Waals surface area contributed by atoms with Crippen molar-refractivity contribution in [3.8, 4) is 0 Å². The van der Waals surface area contributed by atoms with E-state index in [9.17, 15) is 14.4 Å². The third kappa shape index (κ3) is 16.6. The summed E-state index contributed by atoms with van der Waals surface area (Å²) in [7, 11) is 2.04. The zero-order chi connectivity index (χ0) is 26.3. The molecule has 0 saturated carbocycles. The molecule has 1 aromatic carbocycles. The highest BCUT2D eigenvalue weighted by Crippen LogP contribution is 2.17. The van der Waals surface area contributed by atoms with Crippen LogP contribution in [0.25, 0.3) is 0 Å². The first-order valence-corrected chi connectivity index (χ1v) is 12.8. The summed E-state index contributed by atoms with van der Waals surface area (Å²) in [6, 6.07) is 8.34. The van der Waals surface area contributed by atoms with E-state index in [0.717, 1.165) is 37.2 Å². The van der Waals surface area contributed by atoms with Gasteiger partial charge >= 0.3 is 0 Å². The summed E-state index contributed by atoms with van der Waals surface area (Å²) in [5, 5.41) is 12.0. The number of rotatable bonds is 16. The van der Waals surface area contributed by atoms with Crippen LogP contribution in [0.1, 0.15) is 72.3 Å². The maximum Gasteiger partial charge on any atom is 0.220 e. The summed E-state index contributed by atoms with van der Waals surface area (Å²) >= 11 is 0. The molecule has 198 valence electrons. The van der Waals surface area contributed by atoms with Gasteiger partial charge in [0.25, 0.3) is 0 Å². The molecule has 0 radical (unpaired) electrons. The Morgan fingerprint density at radius 2 is 1.34 bits per heavy atom. The van der Waals surface area contributed by atoms with Gasteiger partial charge in [-0.25, -0.2) is 0 Å². The Morgan fingerprint density at radius 3 is 1.86 bits per heavy atom. The van der Waals surface area contributed by atoms with E-state index in [4.69, 9.17) is 0 Å².